The quantitative estimate of drug-likeness (QED) is 0.719. The molecule has 3 aromatic rings. The van der Waals surface area contributed by atoms with Crippen LogP contribution in [0.25, 0.3) is 22.4 Å². The Bertz CT molecular complexity index is 691. The van der Waals surface area contributed by atoms with Crippen LogP contribution in [0, 0.1) is 0 Å². The van der Waals surface area contributed by atoms with Gasteiger partial charge in [-0.1, -0.05) is 28.1 Å². The topological polar surface area (TPSA) is 48.6 Å². The first-order valence-electron chi connectivity index (χ1n) is 5.15. The summed E-state index contributed by atoms with van der Waals surface area (Å²) < 4.78 is 1.000. The Morgan fingerprint density at radius 3 is 2.82 bits per heavy atom. The van der Waals surface area contributed by atoms with Gasteiger partial charge in [0.15, 0.2) is 5.75 Å². The van der Waals surface area contributed by atoms with Crippen molar-refractivity contribution in [2.24, 2.45) is 0 Å². The maximum atomic E-state index is 11.2. The van der Waals surface area contributed by atoms with E-state index in [4.69, 9.17) is 0 Å². The lowest BCUT2D eigenvalue weighted by molar-refractivity contribution is 0.355. The molecule has 3 nitrogen and oxygen atoms in total. The van der Waals surface area contributed by atoms with E-state index in [0.717, 1.165) is 21.4 Å². The lowest BCUT2D eigenvalue weighted by atomic mass is 10.2. The third-order valence-electron chi connectivity index (χ3n) is 2.55. The van der Waals surface area contributed by atoms with E-state index in [-0.39, 0.29) is 5.75 Å². The number of imidazole rings is 1. The minimum atomic E-state index is -0.0233. The zero-order valence-electron chi connectivity index (χ0n) is 8.77. The molecular weight excluding hydrogens is 280 g/mol. The summed E-state index contributed by atoms with van der Waals surface area (Å²) in [5, 5.41) is 11.2. The van der Waals surface area contributed by atoms with E-state index in [1.54, 1.807) is 6.07 Å². The second kappa shape index (κ2) is 3.89. The molecule has 0 saturated carbocycles. The van der Waals surface area contributed by atoms with E-state index in [0.29, 0.717) is 5.52 Å². The molecule has 0 aliphatic carbocycles. The third-order valence-corrected chi connectivity index (χ3v) is 3.05. The molecule has 0 fully saturated rings. The van der Waals surface area contributed by atoms with Crippen molar-refractivity contribution in [1.82, 2.24) is 9.97 Å². The summed E-state index contributed by atoms with van der Waals surface area (Å²) in [5.41, 5.74) is 2.56. The summed E-state index contributed by atoms with van der Waals surface area (Å²) in [4.78, 5) is 7.60. The number of benzene rings is 2. The molecule has 0 atom stereocenters. The summed E-state index contributed by atoms with van der Waals surface area (Å²) in [7, 11) is 0. The lowest BCUT2D eigenvalue weighted by Crippen LogP contribution is -1.79. The minimum Gasteiger partial charge on any atom is -0.338 e. The molecule has 3 rings (SSSR count). The monoisotopic (exact) mass is 287 g/mol. The Hall–Kier alpha value is -1.81. The molecule has 1 N–H and O–H groups in total. The van der Waals surface area contributed by atoms with Gasteiger partial charge in [-0.05, 0) is 24.3 Å². The summed E-state index contributed by atoms with van der Waals surface area (Å²) in [6.07, 6.45) is 0. The Labute approximate surface area is 106 Å². The summed E-state index contributed by atoms with van der Waals surface area (Å²) in [5.74, 6) is 0.747. The fourth-order valence-electron chi connectivity index (χ4n) is 1.76. The van der Waals surface area contributed by atoms with Gasteiger partial charge in [-0.2, -0.15) is 0 Å². The molecule has 2 aromatic carbocycles. The van der Waals surface area contributed by atoms with Crippen LogP contribution in [0.1, 0.15) is 0 Å². The van der Waals surface area contributed by atoms with Crippen LogP contribution in [0.15, 0.2) is 46.9 Å². The van der Waals surface area contributed by atoms with E-state index in [1.165, 1.54) is 12.1 Å². The molecule has 0 saturated heterocycles. The molecule has 0 bridgehead atoms. The van der Waals surface area contributed by atoms with Crippen molar-refractivity contribution in [2.45, 2.75) is 0 Å². The van der Waals surface area contributed by atoms with Crippen molar-refractivity contribution in [3.8, 4) is 17.1 Å². The van der Waals surface area contributed by atoms with E-state index in [1.807, 2.05) is 24.3 Å². The SMILES string of the molecule is [O]c1ccc2[nH]c(-c3cccc(Br)c3)nc2c1. The smallest absolute Gasteiger partial charge is 0.180 e. The number of hydrogen-bond donors (Lipinski definition) is 1. The highest BCUT2D eigenvalue weighted by Crippen LogP contribution is 2.25. The van der Waals surface area contributed by atoms with Gasteiger partial charge >= 0.3 is 0 Å². The molecule has 83 valence electrons. The normalized spacial score (nSPS) is 10.9. The van der Waals surface area contributed by atoms with E-state index in [2.05, 4.69) is 25.9 Å². The van der Waals surface area contributed by atoms with Gasteiger partial charge in [0.05, 0.1) is 11.0 Å². The van der Waals surface area contributed by atoms with Crippen LogP contribution >= 0.6 is 15.9 Å². The van der Waals surface area contributed by atoms with Crippen molar-refractivity contribution in [3.63, 3.8) is 0 Å². The Balaban J connectivity index is 2.18. The van der Waals surface area contributed by atoms with Gasteiger partial charge in [-0.15, -0.1) is 0 Å². The van der Waals surface area contributed by atoms with Crippen molar-refractivity contribution < 1.29 is 5.11 Å². The number of aromatic nitrogens is 2. The number of nitrogens with zero attached hydrogens (tertiary/aromatic N) is 1. The number of nitrogens with one attached hydrogen (secondary N) is 1. The highest BCUT2D eigenvalue weighted by molar-refractivity contribution is 9.10. The van der Waals surface area contributed by atoms with Crippen LogP contribution in [-0.2, 0) is 5.11 Å². The Morgan fingerprint density at radius 1 is 1.12 bits per heavy atom. The largest absolute Gasteiger partial charge is 0.338 e. The molecule has 0 aliphatic rings. The minimum absolute atomic E-state index is 0.0233. The van der Waals surface area contributed by atoms with Crippen molar-refractivity contribution in [2.75, 3.05) is 0 Å². The standard InChI is InChI=1S/C13H8BrN2O/c14-9-3-1-2-8(6-9)13-15-11-5-4-10(17)7-12(11)16-13/h1-7H,(H,15,16). The van der Waals surface area contributed by atoms with Gasteiger partial charge in [0.2, 0.25) is 0 Å². The average Bonchev–Trinajstić information content (AvgIpc) is 2.72. The number of aromatic amines is 1. The van der Waals surface area contributed by atoms with Crippen molar-refractivity contribution in [3.05, 3.63) is 46.9 Å². The van der Waals surface area contributed by atoms with Crippen LogP contribution in [0.3, 0.4) is 0 Å². The Kier molecular flexibility index (Phi) is 2.37. The highest BCUT2D eigenvalue weighted by atomic mass is 79.9. The fraction of sp³-hybridized carbons (Fsp3) is 0. The number of hydrogen-bond acceptors (Lipinski definition) is 1. The first kappa shape index (κ1) is 10.4. The summed E-state index contributed by atoms with van der Waals surface area (Å²) in [6.45, 7) is 0. The molecule has 17 heavy (non-hydrogen) atoms. The van der Waals surface area contributed by atoms with Gasteiger partial charge in [-0.3, -0.25) is 5.11 Å². The molecule has 0 unspecified atom stereocenters. The molecule has 1 aromatic heterocycles. The van der Waals surface area contributed by atoms with Gasteiger partial charge in [0.1, 0.15) is 5.82 Å². The van der Waals surface area contributed by atoms with Crippen molar-refractivity contribution in [1.29, 1.82) is 0 Å². The zero-order valence-corrected chi connectivity index (χ0v) is 10.4. The molecule has 0 aliphatic heterocycles. The summed E-state index contributed by atoms with van der Waals surface area (Å²) in [6, 6.07) is 12.7. The highest BCUT2D eigenvalue weighted by Gasteiger charge is 2.06. The number of halogens is 1. The molecule has 1 heterocycles. The maximum Gasteiger partial charge on any atom is 0.180 e. The van der Waals surface area contributed by atoms with Crippen LogP contribution in [0.4, 0.5) is 0 Å². The second-order valence-corrected chi connectivity index (χ2v) is 4.69. The summed E-state index contributed by atoms with van der Waals surface area (Å²) >= 11 is 3.42. The van der Waals surface area contributed by atoms with Gasteiger partial charge in [0.25, 0.3) is 0 Å². The van der Waals surface area contributed by atoms with E-state index >= 15 is 0 Å². The fourth-order valence-corrected chi connectivity index (χ4v) is 2.16. The van der Waals surface area contributed by atoms with Crippen LogP contribution in [0.2, 0.25) is 0 Å². The Morgan fingerprint density at radius 2 is 2.00 bits per heavy atom. The third kappa shape index (κ3) is 1.91. The number of fused-ring (bicyclic) bond motifs is 1. The van der Waals surface area contributed by atoms with E-state index < -0.39 is 0 Å². The van der Waals surface area contributed by atoms with Crippen LogP contribution in [-0.4, -0.2) is 9.97 Å². The predicted octanol–water partition coefficient (Wildman–Crippen LogP) is 4.14. The van der Waals surface area contributed by atoms with Gasteiger partial charge in [-0.25, -0.2) is 4.98 Å². The lowest BCUT2D eigenvalue weighted by Gasteiger charge is -1.96. The molecule has 0 amide bonds. The second-order valence-electron chi connectivity index (χ2n) is 3.77. The number of H-pyrrole nitrogens is 1. The maximum absolute atomic E-state index is 11.2. The molecular formula is C13H8BrN2O. The first-order chi connectivity index (χ1) is 8.22. The van der Waals surface area contributed by atoms with Crippen LogP contribution < -0.4 is 0 Å². The van der Waals surface area contributed by atoms with Gasteiger partial charge < -0.3 is 4.98 Å². The number of rotatable bonds is 1. The van der Waals surface area contributed by atoms with Crippen LogP contribution in [0.5, 0.6) is 5.75 Å². The van der Waals surface area contributed by atoms with E-state index in [9.17, 15) is 5.11 Å². The zero-order chi connectivity index (χ0) is 11.8. The molecule has 0 spiro atoms. The average molecular weight is 288 g/mol. The predicted molar refractivity (Wildman–Crippen MR) is 69.4 cm³/mol. The molecule has 4 heteroatoms. The molecule has 1 radical (unpaired) electrons. The van der Waals surface area contributed by atoms with Crippen molar-refractivity contribution >= 4 is 27.0 Å². The van der Waals surface area contributed by atoms with Gasteiger partial charge in [0, 0.05) is 16.1 Å². The first-order valence-corrected chi connectivity index (χ1v) is 5.94.